The predicted octanol–water partition coefficient (Wildman–Crippen LogP) is 5.98. The molecule has 2 rings (SSSR count). The molecule has 0 radical (unpaired) electrons. The SMILES string of the molecule is Cc1cc(-c2ccc(NC(=O)OC(C)(C)C)c(C)c2)ccc1N=N. The van der Waals surface area contributed by atoms with E-state index in [1.165, 1.54) is 0 Å². The smallest absolute Gasteiger partial charge is 0.412 e. The van der Waals surface area contributed by atoms with Crippen LogP contribution in [-0.4, -0.2) is 11.7 Å². The number of amides is 1. The summed E-state index contributed by atoms with van der Waals surface area (Å²) in [5.41, 5.74) is 12.0. The van der Waals surface area contributed by atoms with Crippen molar-refractivity contribution in [2.75, 3.05) is 5.32 Å². The van der Waals surface area contributed by atoms with E-state index in [1.54, 1.807) is 0 Å². The van der Waals surface area contributed by atoms with Gasteiger partial charge in [-0.3, -0.25) is 5.32 Å². The Balaban J connectivity index is 2.22. The molecule has 1 amide bonds. The van der Waals surface area contributed by atoms with Crippen molar-refractivity contribution in [3.05, 3.63) is 47.5 Å². The van der Waals surface area contributed by atoms with E-state index < -0.39 is 11.7 Å². The second-order valence-corrected chi connectivity index (χ2v) is 6.77. The standard InChI is InChI=1S/C19H23N3O2/c1-12-10-14(15-7-9-17(22-20)13(2)11-15)6-8-16(12)21-18(23)24-19(3,4)5/h6-11,20H,1-5H3,(H,21,23). The largest absolute Gasteiger partial charge is 0.444 e. The molecule has 0 heterocycles. The highest BCUT2D eigenvalue weighted by Crippen LogP contribution is 2.29. The first-order valence-corrected chi connectivity index (χ1v) is 7.79. The fraction of sp³-hybridized carbons (Fsp3) is 0.316. The number of carbonyl (C=O) groups excluding carboxylic acids is 1. The average molecular weight is 325 g/mol. The van der Waals surface area contributed by atoms with Crippen LogP contribution in [0.15, 0.2) is 41.5 Å². The van der Waals surface area contributed by atoms with Gasteiger partial charge in [0.1, 0.15) is 5.60 Å². The molecule has 0 aliphatic carbocycles. The molecule has 0 fully saturated rings. The highest BCUT2D eigenvalue weighted by molar-refractivity contribution is 5.86. The van der Waals surface area contributed by atoms with Crippen LogP contribution >= 0.6 is 0 Å². The first kappa shape index (κ1) is 17.7. The van der Waals surface area contributed by atoms with E-state index in [0.29, 0.717) is 5.69 Å². The summed E-state index contributed by atoms with van der Waals surface area (Å²) in [5, 5.41) is 6.26. The minimum absolute atomic E-state index is 0.462. The third-order valence-corrected chi connectivity index (χ3v) is 3.51. The van der Waals surface area contributed by atoms with E-state index in [-0.39, 0.29) is 0 Å². The highest BCUT2D eigenvalue weighted by atomic mass is 16.6. The maximum Gasteiger partial charge on any atom is 0.412 e. The quantitative estimate of drug-likeness (QED) is 0.681. The number of aryl methyl sites for hydroxylation is 2. The van der Waals surface area contributed by atoms with Crippen LogP contribution in [-0.2, 0) is 4.74 Å². The minimum atomic E-state index is -0.528. The summed E-state index contributed by atoms with van der Waals surface area (Å²) in [4.78, 5) is 11.9. The van der Waals surface area contributed by atoms with Crippen molar-refractivity contribution in [1.82, 2.24) is 0 Å². The molecule has 0 saturated carbocycles. The van der Waals surface area contributed by atoms with E-state index in [4.69, 9.17) is 10.3 Å². The Hall–Kier alpha value is -2.69. The summed E-state index contributed by atoms with van der Waals surface area (Å²) in [6.07, 6.45) is -0.462. The van der Waals surface area contributed by atoms with Gasteiger partial charge in [0.25, 0.3) is 0 Å². The molecule has 2 aromatic rings. The van der Waals surface area contributed by atoms with Gasteiger partial charge in [0, 0.05) is 5.69 Å². The van der Waals surface area contributed by atoms with Crippen molar-refractivity contribution in [1.29, 1.82) is 5.53 Å². The number of benzene rings is 2. The topological polar surface area (TPSA) is 74.5 Å². The maximum absolute atomic E-state index is 11.9. The first-order chi connectivity index (χ1) is 11.2. The number of ether oxygens (including phenoxy) is 1. The normalized spacial score (nSPS) is 11.0. The van der Waals surface area contributed by atoms with Gasteiger partial charge in [-0.05, 0) is 81.1 Å². The molecule has 0 saturated heterocycles. The van der Waals surface area contributed by atoms with Crippen molar-refractivity contribution in [2.24, 2.45) is 5.11 Å². The second-order valence-electron chi connectivity index (χ2n) is 6.77. The van der Waals surface area contributed by atoms with E-state index in [2.05, 4.69) is 10.4 Å². The molecule has 24 heavy (non-hydrogen) atoms. The zero-order valence-corrected chi connectivity index (χ0v) is 14.7. The average Bonchev–Trinajstić information content (AvgIpc) is 2.47. The predicted molar refractivity (Wildman–Crippen MR) is 96.0 cm³/mol. The molecule has 0 bridgehead atoms. The Morgan fingerprint density at radius 3 is 2.12 bits per heavy atom. The lowest BCUT2D eigenvalue weighted by Crippen LogP contribution is -2.27. The van der Waals surface area contributed by atoms with Gasteiger partial charge in [-0.25, -0.2) is 10.3 Å². The Labute approximate surface area is 142 Å². The molecule has 0 atom stereocenters. The summed E-state index contributed by atoms with van der Waals surface area (Å²) < 4.78 is 5.27. The Morgan fingerprint density at radius 1 is 1.04 bits per heavy atom. The lowest BCUT2D eigenvalue weighted by Gasteiger charge is -2.20. The molecule has 5 heteroatoms. The van der Waals surface area contributed by atoms with Crippen molar-refractivity contribution in [2.45, 2.75) is 40.2 Å². The third kappa shape index (κ3) is 4.41. The highest BCUT2D eigenvalue weighted by Gasteiger charge is 2.16. The number of nitrogens with one attached hydrogen (secondary N) is 2. The Kier molecular flexibility index (Phi) is 5.02. The van der Waals surface area contributed by atoms with Crippen LogP contribution < -0.4 is 5.32 Å². The molecule has 2 N–H and O–H groups in total. The summed E-state index contributed by atoms with van der Waals surface area (Å²) >= 11 is 0. The monoisotopic (exact) mass is 325 g/mol. The van der Waals surface area contributed by atoms with Crippen molar-refractivity contribution >= 4 is 17.5 Å². The number of rotatable bonds is 3. The van der Waals surface area contributed by atoms with Gasteiger partial charge in [0.2, 0.25) is 0 Å². The van der Waals surface area contributed by atoms with Crippen LogP contribution in [0.2, 0.25) is 0 Å². The summed E-state index contributed by atoms with van der Waals surface area (Å²) in [5.74, 6) is 0. The fourth-order valence-corrected chi connectivity index (χ4v) is 2.36. The van der Waals surface area contributed by atoms with Crippen molar-refractivity contribution < 1.29 is 9.53 Å². The molecule has 126 valence electrons. The van der Waals surface area contributed by atoms with Crippen LogP contribution in [0.3, 0.4) is 0 Å². The zero-order valence-electron chi connectivity index (χ0n) is 14.7. The second kappa shape index (κ2) is 6.83. The number of hydrogen-bond acceptors (Lipinski definition) is 4. The van der Waals surface area contributed by atoms with E-state index in [1.807, 2.05) is 71.0 Å². The molecular weight excluding hydrogens is 302 g/mol. The molecule has 0 spiro atoms. The fourth-order valence-electron chi connectivity index (χ4n) is 2.36. The lowest BCUT2D eigenvalue weighted by molar-refractivity contribution is 0.0636. The summed E-state index contributed by atoms with van der Waals surface area (Å²) in [6.45, 7) is 9.37. The van der Waals surface area contributed by atoms with Gasteiger partial charge in [0.05, 0.1) is 5.69 Å². The van der Waals surface area contributed by atoms with Crippen molar-refractivity contribution in [3.63, 3.8) is 0 Å². The molecular formula is C19H23N3O2. The molecule has 0 aromatic heterocycles. The number of nitrogens with zero attached hydrogens (tertiary/aromatic N) is 1. The van der Waals surface area contributed by atoms with Gasteiger partial charge in [-0.15, -0.1) is 0 Å². The lowest BCUT2D eigenvalue weighted by atomic mass is 10.00. The third-order valence-electron chi connectivity index (χ3n) is 3.51. The first-order valence-electron chi connectivity index (χ1n) is 7.79. The molecule has 0 aliphatic rings. The Bertz CT molecular complexity index is 777. The van der Waals surface area contributed by atoms with Crippen molar-refractivity contribution in [3.8, 4) is 11.1 Å². The van der Waals surface area contributed by atoms with Gasteiger partial charge in [-0.1, -0.05) is 12.1 Å². The van der Waals surface area contributed by atoms with Gasteiger partial charge in [0.15, 0.2) is 0 Å². The van der Waals surface area contributed by atoms with Gasteiger partial charge in [-0.2, -0.15) is 5.11 Å². The van der Waals surface area contributed by atoms with Gasteiger partial charge < -0.3 is 4.74 Å². The van der Waals surface area contributed by atoms with Crippen LogP contribution in [0.25, 0.3) is 11.1 Å². The van der Waals surface area contributed by atoms with Crippen LogP contribution in [0.4, 0.5) is 16.2 Å². The molecule has 5 nitrogen and oxygen atoms in total. The molecule has 2 aromatic carbocycles. The number of hydrogen-bond donors (Lipinski definition) is 2. The van der Waals surface area contributed by atoms with E-state index in [9.17, 15) is 4.79 Å². The summed E-state index contributed by atoms with van der Waals surface area (Å²) in [6, 6.07) is 11.6. The summed E-state index contributed by atoms with van der Waals surface area (Å²) in [7, 11) is 0. The molecule has 0 unspecified atom stereocenters. The van der Waals surface area contributed by atoms with Gasteiger partial charge >= 0.3 is 6.09 Å². The van der Waals surface area contributed by atoms with E-state index in [0.717, 1.165) is 27.9 Å². The van der Waals surface area contributed by atoms with Crippen LogP contribution in [0, 0.1) is 19.4 Å². The van der Waals surface area contributed by atoms with Crippen LogP contribution in [0.5, 0.6) is 0 Å². The zero-order chi connectivity index (χ0) is 17.9. The maximum atomic E-state index is 11.9. The van der Waals surface area contributed by atoms with Crippen LogP contribution in [0.1, 0.15) is 31.9 Å². The minimum Gasteiger partial charge on any atom is -0.444 e. The number of anilines is 1. The Morgan fingerprint density at radius 2 is 1.62 bits per heavy atom. The molecule has 0 aliphatic heterocycles. The van der Waals surface area contributed by atoms with E-state index >= 15 is 0 Å². The number of carbonyl (C=O) groups is 1.